The minimum absolute atomic E-state index is 0.00997. The van der Waals surface area contributed by atoms with Crippen LogP contribution >= 0.6 is 0 Å². The Morgan fingerprint density at radius 2 is 1.83 bits per heavy atom. The molecule has 0 radical (unpaired) electrons. The zero-order valence-electron chi connectivity index (χ0n) is 21.3. The summed E-state index contributed by atoms with van der Waals surface area (Å²) in [6.45, 7) is 8.29. The van der Waals surface area contributed by atoms with Gasteiger partial charge in [0.1, 0.15) is 23.6 Å². The summed E-state index contributed by atoms with van der Waals surface area (Å²) in [5, 5.41) is 30.8. The van der Waals surface area contributed by atoms with Crippen LogP contribution in [0, 0.1) is 40.4 Å². The Labute approximate surface area is 207 Å². The second-order valence-corrected chi connectivity index (χ2v) is 13.0. The highest BCUT2D eigenvalue weighted by Crippen LogP contribution is 2.73. The lowest BCUT2D eigenvalue weighted by molar-refractivity contribution is -0.180. The molecule has 2 heterocycles. The lowest BCUT2D eigenvalue weighted by Gasteiger charge is -2.59. The normalized spacial score (nSPS) is 53.8. The number of esters is 1. The van der Waals surface area contributed by atoms with Crippen molar-refractivity contribution in [2.45, 2.75) is 103 Å². The third kappa shape index (κ3) is 2.87. The fraction of sp³-hybridized carbons (Fsp3) is 0.857. The molecule has 1 saturated heterocycles. The molecule has 6 aliphatic rings. The van der Waals surface area contributed by atoms with Gasteiger partial charge in [-0.2, -0.15) is 0 Å². The number of ketones is 1. The standard InChI is InChI=1S/C28H40O7/c1-13-9-21(34-25(33)16(13)12-29)14(2)17-5-6-18-15-10-23-28(35-23)24(32)20(30)11-22(31)27(28,4)19(15)7-8-26(17,18)3/h14-15,17-21,23-24,29-30,32H,5-12H2,1-4H3/t14-,15?,17?,18?,19?,20-,21?,23+,24-,26+,27-,28?/m0/s1. The van der Waals surface area contributed by atoms with Crippen molar-refractivity contribution < 1.29 is 34.4 Å². The first kappa shape index (κ1) is 24.1. The first-order valence-corrected chi connectivity index (χ1v) is 13.6. The van der Waals surface area contributed by atoms with E-state index in [1.165, 1.54) is 0 Å². The van der Waals surface area contributed by atoms with Crippen molar-refractivity contribution in [1.29, 1.82) is 0 Å². The molecule has 3 N–H and O–H groups in total. The van der Waals surface area contributed by atoms with E-state index in [1.807, 2.05) is 13.8 Å². The number of hydrogen-bond donors (Lipinski definition) is 3. The summed E-state index contributed by atoms with van der Waals surface area (Å²) in [7, 11) is 0. The SMILES string of the molecule is CC1=C(CO)C(=O)OC([C@@H](C)C2CCC3C4C[C@H]5OC56[C@@H](O)[C@@H](O)CC(=O)[C@]6(C)C4CC[C@@]32C)C1. The van der Waals surface area contributed by atoms with Gasteiger partial charge in [-0.1, -0.05) is 19.4 Å². The van der Waals surface area contributed by atoms with E-state index >= 15 is 0 Å². The van der Waals surface area contributed by atoms with Crippen LogP contribution in [0.5, 0.6) is 0 Å². The molecule has 194 valence electrons. The second kappa shape index (κ2) is 7.62. The molecule has 2 aliphatic heterocycles. The van der Waals surface area contributed by atoms with E-state index in [1.54, 1.807) is 0 Å². The molecular weight excluding hydrogens is 448 g/mol. The van der Waals surface area contributed by atoms with Crippen LogP contribution in [0.3, 0.4) is 0 Å². The Hall–Kier alpha value is -1.28. The molecule has 6 unspecified atom stereocenters. The van der Waals surface area contributed by atoms with E-state index in [0.717, 1.165) is 37.7 Å². The molecule has 7 heteroatoms. The molecule has 0 amide bonds. The summed E-state index contributed by atoms with van der Waals surface area (Å²) in [6.07, 6.45) is 3.27. The summed E-state index contributed by atoms with van der Waals surface area (Å²) >= 11 is 0. The average molecular weight is 489 g/mol. The lowest BCUT2D eigenvalue weighted by atomic mass is 9.43. The number of carbonyl (C=O) groups excluding carboxylic acids is 2. The maximum atomic E-state index is 13.4. The monoisotopic (exact) mass is 488 g/mol. The van der Waals surface area contributed by atoms with Crippen LogP contribution in [-0.4, -0.2) is 63.7 Å². The number of aliphatic hydroxyl groups is 3. The molecule has 5 fully saturated rings. The smallest absolute Gasteiger partial charge is 0.336 e. The molecule has 7 nitrogen and oxygen atoms in total. The molecule has 0 bridgehead atoms. The molecule has 35 heavy (non-hydrogen) atoms. The molecule has 4 aliphatic carbocycles. The van der Waals surface area contributed by atoms with Crippen molar-refractivity contribution >= 4 is 11.8 Å². The van der Waals surface area contributed by atoms with E-state index in [4.69, 9.17) is 9.47 Å². The number of carbonyl (C=O) groups is 2. The number of fused-ring (bicyclic) bond motifs is 4. The Morgan fingerprint density at radius 3 is 2.51 bits per heavy atom. The fourth-order valence-electron chi connectivity index (χ4n) is 10.0. The zero-order valence-corrected chi connectivity index (χ0v) is 21.3. The molecular formula is C28H40O7. The average Bonchev–Trinajstić information content (AvgIpc) is 3.44. The van der Waals surface area contributed by atoms with Crippen LogP contribution in [0.1, 0.15) is 72.6 Å². The van der Waals surface area contributed by atoms with Crippen molar-refractivity contribution in [1.82, 2.24) is 0 Å². The first-order valence-electron chi connectivity index (χ1n) is 13.6. The van der Waals surface area contributed by atoms with Crippen LogP contribution in [0.15, 0.2) is 11.1 Å². The largest absolute Gasteiger partial charge is 0.458 e. The molecule has 1 spiro atoms. The first-order chi connectivity index (χ1) is 16.5. The number of aliphatic hydroxyl groups excluding tert-OH is 3. The molecule has 0 aromatic heterocycles. The van der Waals surface area contributed by atoms with Gasteiger partial charge in [0.15, 0.2) is 0 Å². The minimum atomic E-state index is -1.04. The topological polar surface area (TPSA) is 117 Å². The molecule has 4 saturated carbocycles. The summed E-state index contributed by atoms with van der Waals surface area (Å²) in [5.74, 6) is 1.29. The van der Waals surface area contributed by atoms with Gasteiger partial charge < -0.3 is 24.8 Å². The Kier molecular flexibility index (Phi) is 5.24. The lowest BCUT2D eigenvalue weighted by Crippen LogP contribution is -2.68. The zero-order chi connectivity index (χ0) is 25.1. The van der Waals surface area contributed by atoms with E-state index in [9.17, 15) is 24.9 Å². The van der Waals surface area contributed by atoms with Gasteiger partial charge in [0.2, 0.25) is 0 Å². The van der Waals surface area contributed by atoms with E-state index in [-0.39, 0.29) is 54.2 Å². The summed E-state index contributed by atoms with van der Waals surface area (Å²) in [6, 6.07) is 0. The highest BCUT2D eigenvalue weighted by molar-refractivity contribution is 5.90. The second-order valence-electron chi connectivity index (χ2n) is 13.0. The molecule has 6 rings (SSSR count). The predicted octanol–water partition coefficient (Wildman–Crippen LogP) is 2.55. The highest BCUT2D eigenvalue weighted by Gasteiger charge is 2.82. The highest BCUT2D eigenvalue weighted by atomic mass is 16.6. The molecule has 0 aromatic rings. The Morgan fingerprint density at radius 1 is 1.09 bits per heavy atom. The van der Waals surface area contributed by atoms with Crippen LogP contribution in [0.4, 0.5) is 0 Å². The number of hydrogen-bond acceptors (Lipinski definition) is 7. The summed E-state index contributed by atoms with van der Waals surface area (Å²) < 4.78 is 12.0. The van der Waals surface area contributed by atoms with Crippen LogP contribution in [0.2, 0.25) is 0 Å². The number of cyclic esters (lactones) is 1. The van der Waals surface area contributed by atoms with Gasteiger partial charge in [-0.15, -0.1) is 0 Å². The minimum Gasteiger partial charge on any atom is -0.458 e. The van der Waals surface area contributed by atoms with Crippen molar-refractivity contribution in [3.05, 3.63) is 11.1 Å². The van der Waals surface area contributed by atoms with Gasteiger partial charge in [0.05, 0.1) is 29.8 Å². The van der Waals surface area contributed by atoms with Gasteiger partial charge in [0, 0.05) is 12.8 Å². The van der Waals surface area contributed by atoms with Crippen molar-refractivity contribution in [3.8, 4) is 0 Å². The van der Waals surface area contributed by atoms with Crippen LogP contribution in [-0.2, 0) is 19.1 Å². The van der Waals surface area contributed by atoms with Gasteiger partial charge >= 0.3 is 5.97 Å². The Bertz CT molecular complexity index is 990. The molecule has 0 aromatic carbocycles. The van der Waals surface area contributed by atoms with Gasteiger partial charge in [0.25, 0.3) is 0 Å². The summed E-state index contributed by atoms with van der Waals surface area (Å²) in [5.41, 5.74) is -0.221. The predicted molar refractivity (Wildman–Crippen MR) is 126 cm³/mol. The van der Waals surface area contributed by atoms with E-state index in [2.05, 4.69) is 13.8 Å². The third-order valence-corrected chi connectivity index (χ3v) is 12.0. The number of rotatable bonds is 3. The number of Topliss-reactive ketones (excluding diaryl/α,β-unsaturated/α-hetero) is 1. The Balaban J connectivity index is 1.27. The van der Waals surface area contributed by atoms with Crippen molar-refractivity contribution in [2.24, 2.45) is 40.4 Å². The van der Waals surface area contributed by atoms with Crippen molar-refractivity contribution in [3.63, 3.8) is 0 Å². The summed E-state index contributed by atoms with van der Waals surface area (Å²) in [4.78, 5) is 25.9. The number of ether oxygens (including phenoxy) is 2. The number of epoxide rings is 1. The van der Waals surface area contributed by atoms with Gasteiger partial charge in [-0.3, -0.25) is 4.79 Å². The van der Waals surface area contributed by atoms with E-state index in [0.29, 0.717) is 29.7 Å². The van der Waals surface area contributed by atoms with Gasteiger partial charge in [-0.05, 0) is 81.0 Å². The maximum absolute atomic E-state index is 13.4. The van der Waals surface area contributed by atoms with E-state index < -0.39 is 23.2 Å². The fourth-order valence-corrected chi connectivity index (χ4v) is 10.0. The third-order valence-electron chi connectivity index (χ3n) is 12.0. The van der Waals surface area contributed by atoms with Crippen LogP contribution < -0.4 is 0 Å². The molecule has 12 atom stereocenters. The van der Waals surface area contributed by atoms with Crippen molar-refractivity contribution in [2.75, 3.05) is 6.61 Å². The maximum Gasteiger partial charge on any atom is 0.336 e. The van der Waals surface area contributed by atoms with Gasteiger partial charge in [-0.25, -0.2) is 4.79 Å². The van der Waals surface area contributed by atoms with Crippen LogP contribution in [0.25, 0.3) is 0 Å². The quantitative estimate of drug-likeness (QED) is 0.413.